The molecule has 1 fully saturated rings. The molecule has 6 nitrogen and oxygen atoms in total. The molecule has 1 amide bonds. The number of carboxylic acids is 1. The first-order valence-electron chi connectivity index (χ1n) is 7.23. The van der Waals surface area contributed by atoms with Crippen molar-refractivity contribution in [2.24, 2.45) is 0 Å². The van der Waals surface area contributed by atoms with E-state index in [4.69, 9.17) is 5.11 Å². The first-order valence-corrected chi connectivity index (χ1v) is 7.23. The normalized spacial score (nSPS) is 17.7. The van der Waals surface area contributed by atoms with Gasteiger partial charge in [0.25, 0.3) is 5.91 Å². The van der Waals surface area contributed by atoms with E-state index in [1.165, 1.54) is 4.90 Å². The van der Waals surface area contributed by atoms with Crippen molar-refractivity contribution in [3.8, 4) is 5.69 Å². The van der Waals surface area contributed by atoms with Crippen LogP contribution in [0.1, 0.15) is 28.9 Å². The standard InChI is InChI=1S/C16H17N3O3/c1-11-8-10-19(17-11)13-6-4-12(5-7-13)15(20)18-9-2-3-14(18)16(21)22/h4-8,10,14H,2-3,9H2,1H3,(H,21,22)/t14-/m0/s1. The summed E-state index contributed by atoms with van der Waals surface area (Å²) in [4.78, 5) is 25.1. The maximum Gasteiger partial charge on any atom is 0.326 e. The topological polar surface area (TPSA) is 75.4 Å². The van der Waals surface area contributed by atoms with Gasteiger partial charge in [0.05, 0.1) is 11.4 Å². The Morgan fingerprint density at radius 3 is 2.55 bits per heavy atom. The summed E-state index contributed by atoms with van der Waals surface area (Å²) < 4.78 is 1.74. The smallest absolute Gasteiger partial charge is 0.326 e. The lowest BCUT2D eigenvalue weighted by molar-refractivity contribution is -0.141. The quantitative estimate of drug-likeness (QED) is 0.938. The molecule has 0 radical (unpaired) electrons. The molecule has 1 aromatic heterocycles. The third-order valence-corrected chi connectivity index (χ3v) is 3.90. The second-order valence-electron chi connectivity index (χ2n) is 5.44. The summed E-state index contributed by atoms with van der Waals surface area (Å²) in [5.74, 6) is -1.16. The van der Waals surface area contributed by atoms with E-state index in [1.807, 2.05) is 31.3 Å². The molecular weight excluding hydrogens is 282 g/mol. The van der Waals surface area contributed by atoms with Crippen LogP contribution < -0.4 is 0 Å². The number of aliphatic carboxylic acids is 1. The maximum absolute atomic E-state index is 12.5. The summed E-state index contributed by atoms with van der Waals surface area (Å²) in [6.45, 7) is 2.41. The van der Waals surface area contributed by atoms with E-state index < -0.39 is 12.0 Å². The molecule has 6 heteroatoms. The number of amides is 1. The van der Waals surface area contributed by atoms with Crippen LogP contribution >= 0.6 is 0 Å². The Kier molecular flexibility index (Phi) is 3.66. The van der Waals surface area contributed by atoms with E-state index in [9.17, 15) is 9.59 Å². The highest BCUT2D eigenvalue weighted by molar-refractivity contribution is 5.97. The number of aromatic nitrogens is 2. The van der Waals surface area contributed by atoms with Gasteiger partial charge in [-0.1, -0.05) is 0 Å². The predicted octanol–water partition coefficient (Wildman–Crippen LogP) is 1.87. The minimum Gasteiger partial charge on any atom is -0.480 e. The van der Waals surface area contributed by atoms with Crippen LogP contribution in [0.4, 0.5) is 0 Å². The van der Waals surface area contributed by atoms with Gasteiger partial charge in [-0.2, -0.15) is 5.10 Å². The number of benzene rings is 1. The summed E-state index contributed by atoms with van der Waals surface area (Å²) in [6.07, 6.45) is 3.10. The number of aryl methyl sites for hydroxylation is 1. The van der Waals surface area contributed by atoms with E-state index in [1.54, 1.807) is 16.8 Å². The molecule has 22 heavy (non-hydrogen) atoms. The summed E-state index contributed by atoms with van der Waals surface area (Å²) >= 11 is 0. The number of hydrogen-bond acceptors (Lipinski definition) is 3. The minimum atomic E-state index is -0.936. The van der Waals surface area contributed by atoms with Gasteiger partial charge in [0.15, 0.2) is 0 Å². The third kappa shape index (κ3) is 2.59. The van der Waals surface area contributed by atoms with Crippen molar-refractivity contribution in [3.05, 3.63) is 47.8 Å². The van der Waals surface area contributed by atoms with E-state index >= 15 is 0 Å². The van der Waals surface area contributed by atoms with Crippen LogP contribution in [0.15, 0.2) is 36.5 Å². The molecule has 0 unspecified atom stereocenters. The highest BCUT2D eigenvalue weighted by atomic mass is 16.4. The Morgan fingerprint density at radius 1 is 1.23 bits per heavy atom. The first-order chi connectivity index (χ1) is 10.6. The summed E-state index contributed by atoms with van der Waals surface area (Å²) in [6, 6.07) is 8.25. The second-order valence-corrected chi connectivity index (χ2v) is 5.44. The maximum atomic E-state index is 12.5. The Balaban J connectivity index is 1.80. The number of rotatable bonds is 3. The Labute approximate surface area is 128 Å². The molecular formula is C16H17N3O3. The number of likely N-dealkylation sites (tertiary alicyclic amines) is 1. The van der Waals surface area contributed by atoms with Gasteiger partial charge in [0.2, 0.25) is 0 Å². The van der Waals surface area contributed by atoms with Crippen molar-refractivity contribution < 1.29 is 14.7 Å². The van der Waals surface area contributed by atoms with Gasteiger partial charge in [0.1, 0.15) is 6.04 Å². The van der Waals surface area contributed by atoms with Gasteiger partial charge in [-0.3, -0.25) is 4.79 Å². The largest absolute Gasteiger partial charge is 0.480 e. The van der Waals surface area contributed by atoms with E-state index in [2.05, 4.69) is 5.10 Å². The second kappa shape index (κ2) is 5.63. The lowest BCUT2D eigenvalue weighted by atomic mass is 10.1. The molecule has 1 saturated heterocycles. The molecule has 0 saturated carbocycles. The first kappa shape index (κ1) is 14.3. The van der Waals surface area contributed by atoms with Gasteiger partial charge in [-0.25, -0.2) is 9.48 Å². The molecule has 1 aliphatic rings. The van der Waals surface area contributed by atoms with Gasteiger partial charge in [-0.15, -0.1) is 0 Å². The molecule has 1 atom stereocenters. The predicted molar refractivity (Wildman–Crippen MR) is 80.0 cm³/mol. The molecule has 1 N–H and O–H groups in total. The fraction of sp³-hybridized carbons (Fsp3) is 0.312. The lowest BCUT2D eigenvalue weighted by Crippen LogP contribution is -2.40. The fourth-order valence-corrected chi connectivity index (χ4v) is 2.75. The van der Waals surface area contributed by atoms with E-state index in [0.29, 0.717) is 18.5 Å². The number of nitrogens with zero attached hydrogens (tertiary/aromatic N) is 3. The molecule has 2 aromatic rings. The molecule has 0 bridgehead atoms. The van der Waals surface area contributed by atoms with Crippen molar-refractivity contribution in [2.45, 2.75) is 25.8 Å². The summed E-state index contributed by atoms with van der Waals surface area (Å²) in [7, 11) is 0. The zero-order chi connectivity index (χ0) is 15.7. The van der Waals surface area contributed by atoms with Crippen molar-refractivity contribution in [3.63, 3.8) is 0 Å². The van der Waals surface area contributed by atoms with E-state index in [-0.39, 0.29) is 5.91 Å². The minimum absolute atomic E-state index is 0.229. The molecule has 0 spiro atoms. The van der Waals surface area contributed by atoms with Gasteiger partial charge < -0.3 is 10.0 Å². The zero-order valence-corrected chi connectivity index (χ0v) is 12.3. The SMILES string of the molecule is Cc1ccn(-c2ccc(C(=O)N3CCC[C@H]3C(=O)O)cc2)n1. The summed E-state index contributed by atoms with van der Waals surface area (Å²) in [5.41, 5.74) is 2.28. The van der Waals surface area contributed by atoms with Crippen molar-refractivity contribution >= 4 is 11.9 Å². The van der Waals surface area contributed by atoms with Crippen LogP contribution in [0.5, 0.6) is 0 Å². The number of hydrogen-bond donors (Lipinski definition) is 1. The Hall–Kier alpha value is -2.63. The third-order valence-electron chi connectivity index (χ3n) is 3.90. The van der Waals surface area contributed by atoms with Crippen molar-refractivity contribution in [2.75, 3.05) is 6.54 Å². The van der Waals surface area contributed by atoms with Crippen LogP contribution in [0.25, 0.3) is 5.69 Å². The molecule has 3 rings (SSSR count). The van der Waals surface area contributed by atoms with Crippen LogP contribution in [0, 0.1) is 6.92 Å². The van der Waals surface area contributed by atoms with Gasteiger partial charge in [0, 0.05) is 18.3 Å². The lowest BCUT2D eigenvalue weighted by Gasteiger charge is -2.21. The van der Waals surface area contributed by atoms with Crippen LogP contribution in [-0.2, 0) is 4.79 Å². The average molecular weight is 299 g/mol. The number of carbonyl (C=O) groups excluding carboxylic acids is 1. The molecule has 114 valence electrons. The van der Waals surface area contributed by atoms with E-state index in [0.717, 1.165) is 17.8 Å². The molecule has 1 aliphatic heterocycles. The van der Waals surface area contributed by atoms with Crippen molar-refractivity contribution in [1.82, 2.24) is 14.7 Å². The molecule has 0 aliphatic carbocycles. The van der Waals surface area contributed by atoms with Gasteiger partial charge in [-0.05, 0) is 50.1 Å². The fourth-order valence-electron chi connectivity index (χ4n) is 2.75. The van der Waals surface area contributed by atoms with Crippen LogP contribution in [0.2, 0.25) is 0 Å². The van der Waals surface area contributed by atoms with Crippen molar-refractivity contribution in [1.29, 1.82) is 0 Å². The Morgan fingerprint density at radius 2 is 1.95 bits per heavy atom. The van der Waals surface area contributed by atoms with Gasteiger partial charge >= 0.3 is 5.97 Å². The van der Waals surface area contributed by atoms with Crippen LogP contribution in [-0.4, -0.2) is 44.3 Å². The van der Waals surface area contributed by atoms with Crippen LogP contribution in [0.3, 0.4) is 0 Å². The zero-order valence-electron chi connectivity index (χ0n) is 12.3. The summed E-state index contributed by atoms with van der Waals surface area (Å²) in [5, 5.41) is 13.5. The monoisotopic (exact) mass is 299 g/mol. The molecule has 2 heterocycles. The average Bonchev–Trinajstić information content (AvgIpc) is 3.15. The number of carboxylic acid groups (broad SMARTS) is 1. The highest BCUT2D eigenvalue weighted by Crippen LogP contribution is 2.21. The Bertz CT molecular complexity index is 706. The molecule has 1 aromatic carbocycles. The number of carbonyl (C=O) groups is 2. The highest BCUT2D eigenvalue weighted by Gasteiger charge is 2.34.